The van der Waals surface area contributed by atoms with E-state index in [9.17, 15) is 0 Å². The molecule has 0 bridgehead atoms. The first-order valence-corrected chi connectivity index (χ1v) is 3.93. The summed E-state index contributed by atoms with van der Waals surface area (Å²) in [4.78, 5) is 0. The first kappa shape index (κ1) is 10.8. The molecule has 0 spiro atoms. The molecule has 0 fully saturated rings. The van der Waals surface area contributed by atoms with E-state index in [1.165, 1.54) is 5.56 Å². The second-order valence-electron chi connectivity index (χ2n) is 2.46. The topological polar surface area (TPSA) is 26.0 Å². The van der Waals surface area contributed by atoms with Crippen molar-refractivity contribution in [2.24, 2.45) is 0 Å². The third-order valence-corrected chi connectivity index (χ3v) is 2.35. The molecule has 0 radical (unpaired) electrons. The minimum Gasteiger partial charge on any atom is -0.398 e. The summed E-state index contributed by atoms with van der Waals surface area (Å²) in [5.41, 5.74) is 8.85. The summed E-state index contributed by atoms with van der Waals surface area (Å²) in [5.74, 6) is 0. The van der Waals surface area contributed by atoms with Gasteiger partial charge in [-0.15, -0.1) is 12.4 Å². The minimum absolute atomic E-state index is 0. The zero-order valence-electron chi connectivity index (χ0n) is 6.52. The number of hydrogen-bond donors (Lipinski definition) is 1. The Morgan fingerprint density at radius 3 is 2.27 bits per heavy atom. The average Bonchev–Trinajstić information content (AvgIpc) is 1.82. The van der Waals surface area contributed by atoms with Crippen molar-refractivity contribution in [2.75, 3.05) is 5.73 Å². The molecule has 2 N–H and O–H groups in total. The van der Waals surface area contributed by atoms with Crippen LogP contribution in [-0.4, -0.2) is 0 Å². The summed E-state index contributed by atoms with van der Waals surface area (Å²) in [6, 6.07) is 4.03. The van der Waals surface area contributed by atoms with Crippen LogP contribution in [0.5, 0.6) is 0 Å². The lowest BCUT2D eigenvalue weighted by Crippen LogP contribution is -1.90. The van der Waals surface area contributed by atoms with Crippen LogP contribution >= 0.6 is 28.3 Å². The first-order chi connectivity index (χ1) is 4.61. The first-order valence-electron chi connectivity index (χ1n) is 3.13. The number of benzene rings is 1. The molecule has 1 rings (SSSR count). The molecule has 0 atom stereocenters. The molecule has 0 aliphatic rings. The molecule has 1 aromatic carbocycles. The van der Waals surface area contributed by atoms with E-state index in [-0.39, 0.29) is 12.4 Å². The van der Waals surface area contributed by atoms with Gasteiger partial charge in [0.25, 0.3) is 0 Å². The molecule has 0 aromatic heterocycles. The van der Waals surface area contributed by atoms with E-state index in [1.54, 1.807) is 0 Å². The molecule has 0 saturated heterocycles. The normalized spacial score (nSPS) is 9.00. The Bertz CT molecular complexity index is 237. The van der Waals surface area contributed by atoms with Gasteiger partial charge in [0.05, 0.1) is 0 Å². The van der Waals surface area contributed by atoms with E-state index in [2.05, 4.69) is 22.0 Å². The maximum absolute atomic E-state index is 5.69. The van der Waals surface area contributed by atoms with E-state index in [0.29, 0.717) is 0 Å². The molecule has 3 heteroatoms. The molecule has 1 aromatic rings. The Kier molecular flexibility index (Phi) is 3.90. The Labute approximate surface area is 81.5 Å². The molecule has 0 aliphatic heterocycles. The number of aryl methyl sites for hydroxylation is 1. The molecule has 62 valence electrons. The van der Waals surface area contributed by atoms with Gasteiger partial charge in [0.1, 0.15) is 0 Å². The molecule has 0 unspecified atom stereocenters. The number of anilines is 1. The van der Waals surface area contributed by atoms with Crippen LogP contribution in [0.15, 0.2) is 16.6 Å². The fourth-order valence-corrected chi connectivity index (χ4v) is 1.43. The van der Waals surface area contributed by atoms with Gasteiger partial charge in [-0.1, -0.05) is 15.9 Å². The molecule has 0 amide bonds. The maximum atomic E-state index is 5.69. The summed E-state index contributed by atoms with van der Waals surface area (Å²) in [6.07, 6.45) is 0. The predicted molar refractivity (Wildman–Crippen MR) is 55.3 cm³/mol. The van der Waals surface area contributed by atoms with E-state index in [1.807, 2.05) is 19.9 Å². The monoisotopic (exact) mass is 235 g/mol. The zero-order valence-corrected chi connectivity index (χ0v) is 8.92. The third-order valence-electron chi connectivity index (χ3n) is 1.53. The summed E-state index contributed by atoms with van der Waals surface area (Å²) in [7, 11) is 0. The lowest BCUT2D eigenvalue weighted by atomic mass is 10.1. The van der Waals surface area contributed by atoms with Crippen LogP contribution in [0.2, 0.25) is 0 Å². The van der Waals surface area contributed by atoms with Gasteiger partial charge in [0, 0.05) is 10.2 Å². The lowest BCUT2D eigenvalue weighted by molar-refractivity contribution is 1.37. The number of halogens is 2. The maximum Gasteiger partial charge on any atom is 0.0357 e. The summed E-state index contributed by atoms with van der Waals surface area (Å²) in [6.45, 7) is 4.03. The number of rotatable bonds is 0. The van der Waals surface area contributed by atoms with E-state index < -0.39 is 0 Å². The smallest absolute Gasteiger partial charge is 0.0357 e. The molecule has 1 nitrogen and oxygen atoms in total. The van der Waals surface area contributed by atoms with Crippen LogP contribution in [0, 0.1) is 13.8 Å². The van der Waals surface area contributed by atoms with Gasteiger partial charge >= 0.3 is 0 Å². The Morgan fingerprint density at radius 2 is 1.82 bits per heavy atom. The highest BCUT2D eigenvalue weighted by Gasteiger charge is 1.98. The minimum atomic E-state index is 0. The average molecular weight is 237 g/mol. The van der Waals surface area contributed by atoms with Crippen molar-refractivity contribution in [3.05, 3.63) is 27.7 Å². The number of nitrogen functional groups attached to an aromatic ring is 1. The quantitative estimate of drug-likeness (QED) is 0.689. The van der Waals surface area contributed by atoms with Crippen LogP contribution < -0.4 is 5.73 Å². The second-order valence-corrected chi connectivity index (χ2v) is 3.32. The van der Waals surface area contributed by atoms with Crippen molar-refractivity contribution in [3.63, 3.8) is 0 Å². The molecular weight excluding hydrogens is 225 g/mol. The second kappa shape index (κ2) is 3.98. The van der Waals surface area contributed by atoms with E-state index in [4.69, 9.17) is 5.73 Å². The SMILES string of the molecule is Cc1cc(N)c(C)c(Br)c1.Cl. The van der Waals surface area contributed by atoms with Gasteiger partial charge in [-0.2, -0.15) is 0 Å². The lowest BCUT2D eigenvalue weighted by Gasteiger charge is -2.03. The fourth-order valence-electron chi connectivity index (χ4n) is 0.841. The highest BCUT2D eigenvalue weighted by molar-refractivity contribution is 9.10. The number of hydrogen-bond acceptors (Lipinski definition) is 1. The van der Waals surface area contributed by atoms with Crippen LogP contribution in [-0.2, 0) is 0 Å². The van der Waals surface area contributed by atoms with Crippen molar-refractivity contribution in [1.29, 1.82) is 0 Å². The fraction of sp³-hybridized carbons (Fsp3) is 0.250. The van der Waals surface area contributed by atoms with Crippen LogP contribution in [0.3, 0.4) is 0 Å². The largest absolute Gasteiger partial charge is 0.398 e. The van der Waals surface area contributed by atoms with E-state index >= 15 is 0 Å². The highest BCUT2D eigenvalue weighted by atomic mass is 79.9. The molecular formula is C8H11BrClN. The Balaban J connectivity index is 0.000001000. The number of nitrogens with two attached hydrogens (primary N) is 1. The standard InChI is InChI=1S/C8H10BrN.ClH/c1-5-3-7(9)6(2)8(10)4-5;/h3-4H,10H2,1-2H3;1H. The van der Waals surface area contributed by atoms with Crippen molar-refractivity contribution in [3.8, 4) is 0 Å². The van der Waals surface area contributed by atoms with Gasteiger partial charge in [0.2, 0.25) is 0 Å². The van der Waals surface area contributed by atoms with Gasteiger partial charge < -0.3 is 5.73 Å². The van der Waals surface area contributed by atoms with Crippen molar-refractivity contribution >= 4 is 34.0 Å². The molecule has 0 aliphatic carbocycles. The Morgan fingerprint density at radius 1 is 1.27 bits per heavy atom. The van der Waals surface area contributed by atoms with Crippen molar-refractivity contribution in [2.45, 2.75) is 13.8 Å². The summed E-state index contributed by atoms with van der Waals surface area (Å²) in [5, 5.41) is 0. The van der Waals surface area contributed by atoms with E-state index in [0.717, 1.165) is 15.7 Å². The Hall–Kier alpha value is -0.210. The molecule has 0 heterocycles. The van der Waals surface area contributed by atoms with Crippen LogP contribution in [0.4, 0.5) is 5.69 Å². The molecule has 0 saturated carbocycles. The summed E-state index contributed by atoms with van der Waals surface area (Å²) < 4.78 is 1.09. The third kappa shape index (κ3) is 2.38. The summed E-state index contributed by atoms with van der Waals surface area (Å²) >= 11 is 3.42. The highest BCUT2D eigenvalue weighted by Crippen LogP contribution is 2.22. The van der Waals surface area contributed by atoms with Gasteiger partial charge in [-0.05, 0) is 37.1 Å². The van der Waals surface area contributed by atoms with Crippen LogP contribution in [0.25, 0.3) is 0 Å². The predicted octanol–water partition coefficient (Wildman–Crippen LogP) is 3.07. The van der Waals surface area contributed by atoms with Crippen molar-refractivity contribution in [1.82, 2.24) is 0 Å². The van der Waals surface area contributed by atoms with Gasteiger partial charge in [-0.25, -0.2) is 0 Å². The van der Waals surface area contributed by atoms with Gasteiger partial charge in [-0.3, -0.25) is 0 Å². The van der Waals surface area contributed by atoms with Crippen molar-refractivity contribution < 1.29 is 0 Å². The van der Waals surface area contributed by atoms with Gasteiger partial charge in [0.15, 0.2) is 0 Å². The zero-order chi connectivity index (χ0) is 7.72. The van der Waals surface area contributed by atoms with Crippen LogP contribution in [0.1, 0.15) is 11.1 Å². The molecule has 11 heavy (non-hydrogen) atoms.